The highest BCUT2D eigenvalue weighted by Gasteiger charge is 2.16. The number of aliphatic hydroxyl groups is 1. The van der Waals surface area contributed by atoms with E-state index in [0.717, 1.165) is 5.56 Å². The number of benzene rings is 1. The van der Waals surface area contributed by atoms with Crippen molar-refractivity contribution in [1.82, 2.24) is 4.90 Å². The topological polar surface area (TPSA) is 66.6 Å². The van der Waals surface area contributed by atoms with E-state index in [2.05, 4.69) is 4.90 Å². The minimum Gasteiger partial charge on any atom is -0.392 e. The Morgan fingerprint density at radius 1 is 1.37 bits per heavy atom. The molecule has 0 spiro atoms. The normalized spacial score (nSPS) is 13.0. The zero-order valence-electron chi connectivity index (χ0n) is 12.0. The quantitative estimate of drug-likeness (QED) is 0.634. The Kier molecular flexibility index (Phi) is 5.44. The van der Waals surface area contributed by atoms with Crippen LogP contribution in [-0.2, 0) is 6.54 Å². The molecule has 0 aliphatic heterocycles. The first-order chi connectivity index (χ1) is 8.81. The minimum absolute atomic E-state index is 0.151. The fourth-order valence-corrected chi connectivity index (χ4v) is 1.98. The van der Waals surface area contributed by atoms with Gasteiger partial charge in [0.2, 0.25) is 0 Å². The van der Waals surface area contributed by atoms with Crippen LogP contribution >= 0.6 is 0 Å². The van der Waals surface area contributed by atoms with Gasteiger partial charge in [-0.2, -0.15) is 0 Å². The highest BCUT2D eigenvalue weighted by atomic mass is 16.6. The highest BCUT2D eigenvalue weighted by molar-refractivity contribution is 5.42. The number of hydrogen-bond acceptors (Lipinski definition) is 4. The van der Waals surface area contributed by atoms with Crippen LogP contribution in [0.2, 0.25) is 0 Å². The molecule has 1 aromatic carbocycles. The molecule has 0 aliphatic rings. The number of nitrogens with zero attached hydrogens (tertiary/aromatic N) is 2. The van der Waals surface area contributed by atoms with E-state index >= 15 is 0 Å². The van der Waals surface area contributed by atoms with Gasteiger partial charge < -0.3 is 5.11 Å². The SMILES string of the molecule is Cc1ccc(CN(CC(C)O)C(C)C)cc1[N+](=O)[O-]. The molecule has 0 bridgehead atoms. The van der Waals surface area contributed by atoms with Crippen molar-refractivity contribution in [2.75, 3.05) is 6.54 Å². The lowest BCUT2D eigenvalue weighted by molar-refractivity contribution is -0.385. The summed E-state index contributed by atoms with van der Waals surface area (Å²) < 4.78 is 0. The van der Waals surface area contributed by atoms with Gasteiger partial charge in [0.1, 0.15) is 0 Å². The first kappa shape index (κ1) is 15.6. The van der Waals surface area contributed by atoms with Gasteiger partial charge in [-0.3, -0.25) is 15.0 Å². The fraction of sp³-hybridized carbons (Fsp3) is 0.571. The van der Waals surface area contributed by atoms with Crippen molar-refractivity contribution >= 4 is 5.69 Å². The third-order valence-corrected chi connectivity index (χ3v) is 3.08. The van der Waals surface area contributed by atoms with Gasteiger partial charge in [-0.15, -0.1) is 0 Å². The average molecular weight is 266 g/mol. The Hall–Kier alpha value is -1.46. The van der Waals surface area contributed by atoms with Gasteiger partial charge in [-0.25, -0.2) is 0 Å². The summed E-state index contributed by atoms with van der Waals surface area (Å²) in [6.45, 7) is 8.73. The molecule has 19 heavy (non-hydrogen) atoms. The largest absolute Gasteiger partial charge is 0.392 e. The van der Waals surface area contributed by atoms with Crippen LogP contribution in [0.1, 0.15) is 31.9 Å². The summed E-state index contributed by atoms with van der Waals surface area (Å²) in [4.78, 5) is 12.7. The predicted molar refractivity (Wildman–Crippen MR) is 75.1 cm³/mol. The number of nitro groups is 1. The number of aliphatic hydroxyl groups excluding tert-OH is 1. The summed E-state index contributed by atoms with van der Waals surface area (Å²) >= 11 is 0. The van der Waals surface area contributed by atoms with Crippen molar-refractivity contribution in [3.8, 4) is 0 Å². The number of nitro benzene ring substituents is 1. The monoisotopic (exact) mass is 266 g/mol. The molecule has 1 rings (SSSR count). The molecule has 0 saturated carbocycles. The maximum Gasteiger partial charge on any atom is 0.272 e. The van der Waals surface area contributed by atoms with E-state index in [4.69, 9.17) is 0 Å². The second-order valence-corrected chi connectivity index (χ2v) is 5.25. The van der Waals surface area contributed by atoms with Gasteiger partial charge in [0.05, 0.1) is 11.0 Å². The molecule has 0 radical (unpaired) electrons. The van der Waals surface area contributed by atoms with E-state index < -0.39 is 6.10 Å². The molecule has 0 saturated heterocycles. The molecule has 5 heteroatoms. The lowest BCUT2D eigenvalue weighted by atomic mass is 10.1. The number of aryl methyl sites for hydroxylation is 1. The van der Waals surface area contributed by atoms with Gasteiger partial charge in [0, 0.05) is 30.8 Å². The lowest BCUT2D eigenvalue weighted by Gasteiger charge is -2.27. The molecule has 0 aromatic heterocycles. The van der Waals surface area contributed by atoms with Crippen molar-refractivity contribution in [3.05, 3.63) is 39.4 Å². The minimum atomic E-state index is -0.414. The van der Waals surface area contributed by atoms with E-state index in [-0.39, 0.29) is 16.7 Å². The first-order valence-electron chi connectivity index (χ1n) is 6.47. The van der Waals surface area contributed by atoms with Crippen LogP contribution in [0.25, 0.3) is 0 Å². The van der Waals surface area contributed by atoms with Crippen molar-refractivity contribution in [3.63, 3.8) is 0 Å². The molecular weight excluding hydrogens is 244 g/mol. The van der Waals surface area contributed by atoms with Crippen LogP contribution in [0.3, 0.4) is 0 Å². The third kappa shape index (κ3) is 4.61. The smallest absolute Gasteiger partial charge is 0.272 e. The maximum atomic E-state index is 10.9. The summed E-state index contributed by atoms with van der Waals surface area (Å²) in [6.07, 6.45) is -0.414. The van der Waals surface area contributed by atoms with Gasteiger partial charge in [-0.1, -0.05) is 12.1 Å². The molecule has 0 amide bonds. The Morgan fingerprint density at radius 2 is 2.00 bits per heavy atom. The molecule has 0 heterocycles. The molecule has 1 aromatic rings. The molecule has 0 aliphatic carbocycles. The molecule has 0 fully saturated rings. The van der Waals surface area contributed by atoms with Crippen LogP contribution in [0, 0.1) is 17.0 Å². The predicted octanol–water partition coefficient (Wildman–Crippen LogP) is 2.49. The van der Waals surface area contributed by atoms with Crippen LogP contribution in [-0.4, -0.2) is 33.6 Å². The van der Waals surface area contributed by atoms with Gasteiger partial charge in [0.15, 0.2) is 0 Å². The van der Waals surface area contributed by atoms with Gasteiger partial charge >= 0.3 is 0 Å². The fourth-order valence-electron chi connectivity index (χ4n) is 1.98. The number of rotatable bonds is 6. The van der Waals surface area contributed by atoms with E-state index in [0.29, 0.717) is 18.7 Å². The molecule has 1 N–H and O–H groups in total. The van der Waals surface area contributed by atoms with E-state index in [1.807, 2.05) is 19.9 Å². The zero-order valence-corrected chi connectivity index (χ0v) is 12.0. The Bertz CT molecular complexity index is 444. The summed E-state index contributed by atoms with van der Waals surface area (Å²) in [5.41, 5.74) is 1.71. The van der Waals surface area contributed by atoms with Crippen molar-refractivity contribution in [2.24, 2.45) is 0 Å². The standard InChI is InChI=1S/C14H22N2O3/c1-10(2)15(8-12(4)17)9-13-6-5-11(3)14(7-13)16(18)19/h5-7,10,12,17H,8-9H2,1-4H3. The first-order valence-corrected chi connectivity index (χ1v) is 6.47. The molecule has 106 valence electrons. The molecular formula is C14H22N2O3. The summed E-state index contributed by atoms with van der Waals surface area (Å²) in [5, 5.41) is 20.4. The van der Waals surface area contributed by atoms with Crippen molar-refractivity contribution in [1.29, 1.82) is 0 Å². The molecule has 1 atom stereocenters. The van der Waals surface area contributed by atoms with Crippen LogP contribution in [0.4, 0.5) is 5.69 Å². The van der Waals surface area contributed by atoms with Gasteiger partial charge in [0.25, 0.3) is 5.69 Å². The highest BCUT2D eigenvalue weighted by Crippen LogP contribution is 2.20. The van der Waals surface area contributed by atoms with Crippen LogP contribution in [0.15, 0.2) is 18.2 Å². The third-order valence-electron chi connectivity index (χ3n) is 3.08. The molecule has 1 unspecified atom stereocenters. The lowest BCUT2D eigenvalue weighted by Crippen LogP contribution is -2.36. The van der Waals surface area contributed by atoms with Crippen LogP contribution < -0.4 is 0 Å². The summed E-state index contributed by atoms with van der Waals surface area (Å²) in [5.74, 6) is 0. The number of hydrogen-bond donors (Lipinski definition) is 1. The maximum absolute atomic E-state index is 10.9. The Balaban J connectivity index is 2.90. The Morgan fingerprint density at radius 3 is 2.47 bits per heavy atom. The summed E-state index contributed by atoms with van der Waals surface area (Å²) in [7, 11) is 0. The average Bonchev–Trinajstić information content (AvgIpc) is 2.29. The van der Waals surface area contributed by atoms with Crippen molar-refractivity contribution < 1.29 is 10.0 Å². The van der Waals surface area contributed by atoms with E-state index in [1.54, 1.807) is 26.0 Å². The summed E-state index contributed by atoms with van der Waals surface area (Å²) in [6, 6.07) is 5.57. The van der Waals surface area contributed by atoms with E-state index in [1.165, 1.54) is 0 Å². The van der Waals surface area contributed by atoms with Gasteiger partial charge in [-0.05, 0) is 33.3 Å². The molecule has 5 nitrogen and oxygen atoms in total. The zero-order chi connectivity index (χ0) is 14.6. The van der Waals surface area contributed by atoms with E-state index in [9.17, 15) is 15.2 Å². The second-order valence-electron chi connectivity index (χ2n) is 5.25. The Labute approximate surface area is 114 Å². The second kappa shape index (κ2) is 6.63. The van der Waals surface area contributed by atoms with Crippen LogP contribution in [0.5, 0.6) is 0 Å². The van der Waals surface area contributed by atoms with Crippen molar-refractivity contribution in [2.45, 2.75) is 46.4 Å².